The number of alkyl halides is 3. The molecule has 0 saturated heterocycles. The lowest BCUT2D eigenvalue weighted by Gasteiger charge is -2.26. The van der Waals surface area contributed by atoms with Crippen LogP contribution in [0.15, 0.2) is 36.4 Å². The molecule has 0 spiro atoms. The smallest absolute Gasteiger partial charge is 0.381 e. The lowest BCUT2D eigenvalue weighted by molar-refractivity contribution is -0.0885. The maximum atomic E-state index is 12.4. The second-order valence-electron chi connectivity index (χ2n) is 6.73. The van der Waals surface area contributed by atoms with Gasteiger partial charge < -0.3 is 4.74 Å². The lowest BCUT2D eigenvalue weighted by atomic mass is 9.79. The summed E-state index contributed by atoms with van der Waals surface area (Å²) in [5.41, 5.74) is 0.695. The second-order valence-corrected chi connectivity index (χ2v) is 6.73. The first kappa shape index (κ1) is 19.7. The van der Waals surface area contributed by atoms with Gasteiger partial charge in [0.25, 0.3) is 5.78 Å². The summed E-state index contributed by atoms with van der Waals surface area (Å²) in [4.78, 5) is 11.2. The highest BCUT2D eigenvalue weighted by Gasteiger charge is 2.39. The predicted molar refractivity (Wildman–Crippen MR) is 91.6 cm³/mol. The van der Waals surface area contributed by atoms with E-state index >= 15 is 0 Å². The molecule has 1 aromatic carbocycles. The van der Waals surface area contributed by atoms with Crippen LogP contribution in [0.1, 0.15) is 48.0 Å². The van der Waals surface area contributed by atoms with Gasteiger partial charge in [-0.05, 0) is 55.9 Å². The Kier molecular flexibility index (Phi) is 7.24. The van der Waals surface area contributed by atoms with Crippen molar-refractivity contribution in [3.05, 3.63) is 47.5 Å². The van der Waals surface area contributed by atoms with Crippen LogP contribution < -0.4 is 0 Å². The van der Waals surface area contributed by atoms with Crippen LogP contribution in [0.25, 0.3) is 0 Å². The average molecular weight is 354 g/mol. The molecule has 1 aromatic rings. The maximum absolute atomic E-state index is 12.4. The molecule has 0 aromatic heterocycles. The molecule has 0 N–H and O–H groups in total. The van der Waals surface area contributed by atoms with Crippen LogP contribution in [0.3, 0.4) is 0 Å². The molecule has 0 bridgehead atoms. The fraction of sp³-hybridized carbons (Fsp3) is 0.550. The van der Waals surface area contributed by atoms with Gasteiger partial charge in [0.1, 0.15) is 0 Å². The Morgan fingerprint density at radius 1 is 1.16 bits per heavy atom. The number of rotatable bonds is 7. The van der Waals surface area contributed by atoms with Crippen LogP contribution in [0.4, 0.5) is 13.2 Å². The van der Waals surface area contributed by atoms with E-state index in [1.807, 2.05) is 0 Å². The Morgan fingerprint density at radius 3 is 2.36 bits per heavy atom. The predicted octanol–water partition coefficient (Wildman–Crippen LogP) is 5.37. The summed E-state index contributed by atoms with van der Waals surface area (Å²) in [6.07, 6.45) is 6.15. The van der Waals surface area contributed by atoms with Gasteiger partial charge in [0.2, 0.25) is 0 Å². The summed E-state index contributed by atoms with van der Waals surface area (Å²) in [6, 6.07) is 5.83. The summed E-state index contributed by atoms with van der Waals surface area (Å²) >= 11 is 0. The van der Waals surface area contributed by atoms with Crippen molar-refractivity contribution in [2.45, 2.75) is 44.7 Å². The molecule has 138 valence electrons. The summed E-state index contributed by atoms with van der Waals surface area (Å²) in [7, 11) is 1.69. The van der Waals surface area contributed by atoms with Crippen LogP contribution in [0, 0.1) is 11.8 Å². The minimum atomic E-state index is -4.81. The Hall–Kier alpha value is -1.62. The highest BCUT2D eigenvalue weighted by Crippen LogP contribution is 2.32. The summed E-state index contributed by atoms with van der Waals surface area (Å²) in [5.74, 6) is -0.471. The number of carbonyl (C=O) groups is 1. The van der Waals surface area contributed by atoms with Crippen LogP contribution in [0.2, 0.25) is 0 Å². The highest BCUT2D eigenvalue weighted by atomic mass is 19.4. The number of ketones is 1. The van der Waals surface area contributed by atoms with Crippen LogP contribution in [0.5, 0.6) is 0 Å². The largest absolute Gasteiger partial charge is 0.454 e. The number of allylic oxidation sites excluding steroid dienone is 1. The zero-order chi connectivity index (χ0) is 18.3. The number of aryl methyl sites for hydroxylation is 1. The summed E-state index contributed by atoms with van der Waals surface area (Å²) in [6.45, 7) is 0.659. The maximum Gasteiger partial charge on any atom is 0.454 e. The zero-order valence-electron chi connectivity index (χ0n) is 14.5. The topological polar surface area (TPSA) is 26.3 Å². The van der Waals surface area contributed by atoms with Crippen LogP contribution in [-0.4, -0.2) is 25.7 Å². The first-order chi connectivity index (χ1) is 11.9. The number of methoxy groups -OCH3 is 1. The molecule has 1 aliphatic rings. The third kappa shape index (κ3) is 6.31. The van der Waals surface area contributed by atoms with Crippen molar-refractivity contribution in [3.8, 4) is 0 Å². The van der Waals surface area contributed by atoms with E-state index in [2.05, 4.69) is 12.2 Å². The number of benzene rings is 1. The number of carbonyl (C=O) groups excluding carboxylic acids is 1. The first-order valence-corrected chi connectivity index (χ1v) is 8.76. The molecule has 5 heteroatoms. The number of halogens is 3. The molecule has 0 radical (unpaired) electrons. The fourth-order valence-corrected chi connectivity index (χ4v) is 3.37. The molecule has 1 aliphatic carbocycles. The monoisotopic (exact) mass is 354 g/mol. The number of ether oxygens (including phenoxy) is 1. The summed E-state index contributed by atoms with van der Waals surface area (Å²) < 4.78 is 42.2. The molecule has 0 atom stereocenters. The van der Waals surface area contributed by atoms with Crippen molar-refractivity contribution in [2.24, 2.45) is 11.8 Å². The van der Waals surface area contributed by atoms with Crippen molar-refractivity contribution in [2.75, 3.05) is 13.7 Å². The molecule has 0 aliphatic heterocycles. The van der Waals surface area contributed by atoms with Gasteiger partial charge >= 0.3 is 6.18 Å². The van der Waals surface area contributed by atoms with Gasteiger partial charge in [0, 0.05) is 12.7 Å². The van der Waals surface area contributed by atoms with Gasteiger partial charge in [-0.1, -0.05) is 36.4 Å². The molecule has 0 amide bonds. The SMILES string of the molecule is COCC=C[C@H]1CC[C@H](CCc2ccc(C(=O)C(F)(F)F)cc2)CC1. The van der Waals surface area contributed by atoms with Gasteiger partial charge in [-0.2, -0.15) is 13.2 Å². The third-order valence-corrected chi connectivity index (χ3v) is 4.88. The van der Waals surface area contributed by atoms with Gasteiger partial charge in [0.05, 0.1) is 6.61 Å². The Balaban J connectivity index is 1.76. The van der Waals surface area contributed by atoms with Crippen LogP contribution in [-0.2, 0) is 11.2 Å². The van der Waals surface area contributed by atoms with E-state index in [0.29, 0.717) is 18.4 Å². The summed E-state index contributed by atoms with van der Waals surface area (Å²) in [5, 5.41) is 0. The van der Waals surface area contributed by atoms with Crippen molar-refractivity contribution < 1.29 is 22.7 Å². The Bertz CT molecular complexity index is 568. The fourth-order valence-electron chi connectivity index (χ4n) is 3.37. The van der Waals surface area contributed by atoms with Crippen molar-refractivity contribution in [1.29, 1.82) is 0 Å². The van der Waals surface area contributed by atoms with E-state index in [4.69, 9.17) is 4.74 Å². The number of hydrogen-bond donors (Lipinski definition) is 0. The van der Waals surface area contributed by atoms with Crippen molar-refractivity contribution in [3.63, 3.8) is 0 Å². The molecule has 0 heterocycles. The van der Waals surface area contributed by atoms with E-state index in [1.165, 1.54) is 37.8 Å². The van der Waals surface area contributed by atoms with Crippen molar-refractivity contribution >= 4 is 5.78 Å². The third-order valence-electron chi connectivity index (χ3n) is 4.88. The normalized spacial score (nSPS) is 21.6. The van der Waals surface area contributed by atoms with Gasteiger partial charge in [0.15, 0.2) is 0 Å². The average Bonchev–Trinajstić information content (AvgIpc) is 2.60. The second kappa shape index (κ2) is 9.18. The highest BCUT2D eigenvalue weighted by molar-refractivity contribution is 6.00. The van der Waals surface area contributed by atoms with E-state index in [0.717, 1.165) is 18.4 Å². The first-order valence-electron chi connectivity index (χ1n) is 8.76. The molecule has 1 saturated carbocycles. The van der Waals surface area contributed by atoms with Crippen LogP contribution >= 0.6 is 0 Å². The van der Waals surface area contributed by atoms with E-state index in [9.17, 15) is 18.0 Å². The molecule has 2 nitrogen and oxygen atoms in total. The minimum Gasteiger partial charge on any atom is -0.381 e. The van der Waals surface area contributed by atoms with Gasteiger partial charge in [-0.3, -0.25) is 4.79 Å². The molecule has 25 heavy (non-hydrogen) atoms. The lowest BCUT2D eigenvalue weighted by Crippen LogP contribution is -2.22. The number of Topliss-reactive ketones (excluding diaryl/α,β-unsaturated/α-hetero) is 1. The van der Waals surface area contributed by atoms with E-state index in [1.54, 1.807) is 19.2 Å². The zero-order valence-corrected chi connectivity index (χ0v) is 14.5. The quantitative estimate of drug-likeness (QED) is 0.486. The Labute approximate surface area is 147 Å². The van der Waals surface area contributed by atoms with Crippen molar-refractivity contribution in [1.82, 2.24) is 0 Å². The standard InChI is InChI=1S/C20H25F3O2/c1-25-14-2-3-15-4-6-16(7-5-15)8-9-17-10-12-18(13-11-17)19(24)20(21,22)23/h2-3,10-13,15-16H,4-9,14H2,1H3/t15-,16-. The number of hydrogen-bond acceptors (Lipinski definition) is 2. The molecular formula is C20H25F3O2. The molecular weight excluding hydrogens is 329 g/mol. The van der Waals surface area contributed by atoms with Gasteiger partial charge in [-0.15, -0.1) is 0 Å². The van der Waals surface area contributed by atoms with E-state index in [-0.39, 0.29) is 5.56 Å². The molecule has 1 fully saturated rings. The Morgan fingerprint density at radius 2 is 1.80 bits per heavy atom. The van der Waals surface area contributed by atoms with E-state index < -0.39 is 12.0 Å². The van der Waals surface area contributed by atoms with Gasteiger partial charge in [-0.25, -0.2) is 0 Å². The molecule has 2 rings (SSSR count). The minimum absolute atomic E-state index is 0.292. The molecule has 0 unspecified atom stereocenters.